The molecule has 20 heavy (non-hydrogen) atoms. The van der Waals surface area contributed by atoms with Gasteiger partial charge >= 0.3 is 12.1 Å². The molecule has 0 radical (unpaired) electrons. The number of alkyl halides is 3. The third kappa shape index (κ3) is 3.05. The summed E-state index contributed by atoms with van der Waals surface area (Å²) in [7, 11) is 0. The van der Waals surface area contributed by atoms with Gasteiger partial charge in [-0.2, -0.15) is 18.3 Å². The number of aliphatic carboxylic acids is 1. The third-order valence-electron chi connectivity index (χ3n) is 2.52. The first-order valence-corrected chi connectivity index (χ1v) is 5.50. The zero-order valence-electron chi connectivity index (χ0n) is 10.0. The lowest BCUT2D eigenvalue weighted by atomic mass is 10.1. The molecule has 2 rings (SSSR count). The summed E-state index contributed by atoms with van der Waals surface area (Å²) in [4.78, 5) is 10.4. The van der Waals surface area contributed by atoms with Crippen LogP contribution < -0.4 is 0 Å². The van der Waals surface area contributed by atoms with Crippen LogP contribution in [0.1, 0.15) is 11.1 Å². The van der Waals surface area contributed by atoms with Crippen molar-refractivity contribution in [2.75, 3.05) is 0 Å². The topological polar surface area (TPSA) is 55.1 Å². The van der Waals surface area contributed by atoms with Crippen LogP contribution in [0.3, 0.4) is 0 Å². The molecule has 0 amide bonds. The molecule has 0 spiro atoms. The number of nitrogens with zero attached hydrogens (tertiary/aromatic N) is 2. The normalized spacial score (nSPS) is 11.9. The summed E-state index contributed by atoms with van der Waals surface area (Å²) >= 11 is 0. The van der Waals surface area contributed by atoms with Gasteiger partial charge in [0.2, 0.25) is 0 Å². The first-order chi connectivity index (χ1) is 9.38. The molecule has 1 aromatic carbocycles. The average Bonchev–Trinajstić information content (AvgIpc) is 2.88. The van der Waals surface area contributed by atoms with Crippen molar-refractivity contribution >= 4 is 12.0 Å². The Bertz CT molecular complexity index is 646. The van der Waals surface area contributed by atoms with Gasteiger partial charge in [0.1, 0.15) is 0 Å². The van der Waals surface area contributed by atoms with Crippen molar-refractivity contribution in [1.29, 1.82) is 0 Å². The fourth-order valence-corrected chi connectivity index (χ4v) is 1.66. The van der Waals surface area contributed by atoms with Crippen molar-refractivity contribution in [3.63, 3.8) is 0 Å². The zero-order chi connectivity index (χ0) is 14.8. The van der Waals surface area contributed by atoms with Crippen LogP contribution in [-0.4, -0.2) is 20.9 Å². The van der Waals surface area contributed by atoms with Crippen LogP contribution in [0.15, 0.2) is 42.7 Å². The van der Waals surface area contributed by atoms with Gasteiger partial charge in [0.15, 0.2) is 0 Å². The minimum atomic E-state index is -4.58. The highest BCUT2D eigenvalue weighted by Gasteiger charge is 2.33. The van der Waals surface area contributed by atoms with Crippen LogP contribution in [0.5, 0.6) is 0 Å². The van der Waals surface area contributed by atoms with E-state index in [0.717, 1.165) is 12.1 Å². The second kappa shape index (κ2) is 5.20. The summed E-state index contributed by atoms with van der Waals surface area (Å²) in [5.74, 6) is -1.31. The highest BCUT2D eigenvalue weighted by atomic mass is 19.4. The Balaban J connectivity index is 2.51. The van der Waals surface area contributed by atoms with Crippen LogP contribution in [0.25, 0.3) is 11.8 Å². The van der Waals surface area contributed by atoms with Crippen LogP contribution in [0, 0.1) is 0 Å². The predicted molar refractivity (Wildman–Crippen MR) is 65.2 cm³/mol. The molecule has 0 atom stereocenters. The lowest BCUT2D eigenvalue weighted by Gasteiger charge is -2.12. The zero-order valence-corrected chi connectivity index (χ0v) is 10.0. The Morgan fingerprint density at radius 2 is 2.10 bits per heavy atom. The van der Waals surface area contributed by atoms with Gasteiger partial charge in [-0.05, 0) is 29.8 Å². The standard InChI is InChI=1S/C13H9F3N2O2/c14-13(15,16)11-8-10(18-7-1-6-17-18)4-2-9(11)3-5-12(19)20/h1-8H,(H,19,20)/b5-3+. The Labute approximate surface area is 111 Å². The van der Waals surface area contributed by atoms with Gasteiger partial charge in [0.25, 0.3) is 0 Å². The number of halogens is 3. The maximum Gasteiger partial charge on any atom is 0.417 e. The van der Waals surface area contributed by atoms with Crippen molar-refractivity contribution < 1.29 is 23.1 Å². The van der Waals surface area contributed by atoms with E-state index >= 15 is 0 Å². The molecule has 0 bridgehead atoms. The molecular formula is C13H9F3N2O2. The van der Waals surface area contributed by atoms with Crippen molar-refractivity contribution in [3.05, 3.63) is 53.9 Å². The Hall–Kier alpha value is -2.57. The van der Waals surface area contributed by atoms with Crippen LogP contribution in [-0.2, 0) is 11.0 Å². The lowest BCUT2D eigenvalue weighted by molar-refractivity contribution is -0.138. The van der Waals surface area contributed by atoms with E-state index in [2.05, 4.69) is 5.10 Å². The molecule has 1 heterocycles. The number of carbonyl (C=O) groups is 1. The van der Waals surface area contributed by atoms with Gasteiger partial charge in [-0.1, -0.05) is 6.07 Å². The molecule has 0 aliphatic carbocycles. The third-order valence-corrected chi connectivity index (χ3v) is 2.52. The van der Waals surface area contributed by atoms with E-state index in [0.29, 0.717) is 6.08 Å². The molecule has 0 saturated carbocycles. The van der Waals surface area contributed by atoms with Gasteiger partial charge in [-0.3, -0.25) is 0 Å². The Morgan fingerprint density at radius 3 is 2.65 bits per heavy atom. The van der Waals surface area contributed by atoms with E-state index in [9.17, 15) is 18.0 Å². The Morgan fingerprint density at radius 1 is 1.35 bits per heavy atom. The lowest BCUT2D eigenvalue weighted by Crippen LogP contribution is -2.09. The van der Waals surface area contributed by atoms with Gasteiger partial charge < -0.3 is 5.11 Å². The number of benzene rings is 1. The predicted octanol–water partition coefficient (Wildman–Crippen LogP) is 2.99. The molecule has 104 valence electrons. The van der Waals surface area contributed by atoms with Crippen LogP contribution >= 0.6 is 0 Å². The summed E-state index contributed by atoms with van der Waals surface area (Å²) in [6.07, 6.45) is -0.0364. The summed E-state index contributed by atoms with van der Waals surface area (Å²) in [5, 5.41) is 12.3. The SMILES string of the molecule is O=C(O)/C=C/c1ccc(-n2cccn2)cc1C(F)(F)F. The van der Waals surface area contributed by atoms with Crippen LogP contribution in [0.2, 0.25) is 0 Å². The fraction of sp³-hybridized carbons (Fsp3) is 0.0769. The number of hydrogen-bond acceptors (Lipinski definition) is 2. The molecule has 0 saturated heterocycles. The molecule has 1 N–H and O–H groups in total. The van der Waals surface area contributed by atoms with Crippen molar-refractivity contribution in [3.8, 4) is 5.69 Å². The molecule has 0 unspecified atom stereocenters. The largest absolute Gasteiger partial charge is 0.478 e. The van der Waals surface area contributed by atoms with E-state index in [4.69, 9.17) is 5.11 Å². The van der Waals surface area contributed by atoms with E-state index in [1.807, 2.05) is 0 Å². The molecule has 4 nitrogen and oxygen atoms in total. The number of carboxylic acid groups (broad SMARTS) is 1. The van der Waals surface area contributed by atoms with Crippen molar-refractivity contribution in [2.45, 2.75) is 6.18 Å². The molecule has 0 aliphatic heterocycles. The maximum absolute atomic E-state index is 13.0. The summed E-state index contributed by atoms with van der Waals surface area (Å²) in [6, 6.07) is 5.16. The minimum absolute atomic E-state index is 0.212. The van der Waals surface area contributed by atoms with Crippen LogP contribution in [0.4, 0.5) is 13.2 Å². The van der Waals surface area contributed by atoms with Gasteiger partial charge in [0, 0.05) is 18.5 Å². The molecule has 0 fully saturated rings. The molecular weight excluding hydrogens is 273 g/mol. The van der Waals surface area contributed by atoms with E-state index < -0.39 is 17.7 Å². The quantitative estimate of drug-likeness (QED) is 0.880. The second-order valence-electron chi connectivity index (χ2n) is 3.89. The highest BCUT2D eigenvalue weighted by Crippen LogP contribution is 2.34. The first-order valence-electron chi connectivity index (χ1n) is 5.50. The van der Waals surface area contributed by atoms with E-state index in [1.165, 1.54) is 29.2 Å². The van der Waals surface area contributed by atoms with E-state index in [-0.39, 0.29) is 11.3 Å². The fourth-order valence-electron chi connectivity index (χ4n) is 1.66. The number of aromatic nitrogens is 2. The molecule has 2 aromatic rings. The van der Waals surface area contributed by atoms with E-state index in [1.54, 1.807) is 6.07 Å². The van der Waals surface area contributed by atoms with Gasteiger partial charge in [-0.15, -0.1) is 0 Å². The summed E-state index contributed by atoms with van der Waals surface area (Å²) in [5.41, 5.74) is -0.881. The second-order valence-corrected chi connectivity index (χ2v) is 3.89. The molecule has 0 aliphatic rings. The smallest absolute Gasteiger partial charge is 0.417 e. The summed E-state index contributed by atoms with van der Waals surface area (Å²) < 4.78 is 40.2. The van der Waals surface area contributed by atoms with Crippen molar-refractivity contribution in [2.24, 2.45) is 0 Å². The van der Waals surface area contributed by atoms with Gasteiger partial charge in [0.05, 0.1) is 11.3 Å². The number of hydrogen-bond donors (Lipinski definition) is 1. The minimum Gasteiger partial charge on any atom is -0.478 e. The number of carboxylic acids is 1. The average molecular weight is 282 g/mol. The molecule has 1 aromatic heterocycles. The maximum atomic E-state index is 13.0. The Kier molecular flexibility index (Phi) is 3.60. The number of rotatable bonds is 3. The highest BCUT2D eigenvalue weighted by molar-refractivity contribution is 5.85. The first kappa shape index (κ1) is 13.9. The van der Waals surface area contributed by atoms with Gasteiger partial charge in [-0.25, -0.2) is 9.48 Å². The molecule has 7 heteroatoms. The monoisotopic (exact) mass is 282 g/mol. The van der Waals surface area contributed by atoms with Crippen molar-refractivity contribution in [1.82, 2.24) is 9.78 Å². The summed E-state index contributed by atoms with van der Waals surface area (Å²) in [6.45, 7) is 0.